The number of nitrogens with two attached hydrogens (primary N) is 1. The number of fused-ring (bicyclic) bond motifs is 2. The van der Waals surface area contributed by atoms with E-state index in [0.29, 0.717) is 24.9 Å². The van der Waals surface area contributed by atoms with Gasteiger partial charge in [0.15, 0.2) is 6.10 Å². The first-order valence-electron chi connectivity index (χ1n) is 11.6. The molecule has 0 radical (unpaired) electrons. The molecule has 1 heterocycles. The fourth-order valence-electron chi connectivity index (χ4n) is 5.64. The van der Waals surface area contributed by atoms with Crippen molar-refractivity contribution in [3.63, 3.8) is 0 Å². The fourth-order valence-corrected chi connectivity index (χ4v) is 7.19. The highest BCUT2D eigenvalue weighted by atomic mass is 32.2. The van der Waals surface area contributed by atoms with Crippen molar-refractivity contribution < 1.29 is 22.7 Å². The number of hydrogen-bond acceptors (Lipinski definition) is 5. The molecule has 32 heavy (non-hydrogen) atoms. The van der Waals surface area contributed by atoms with Crippen LogP contribution in [0.15, 0.2) is 23.1 Å². The van der Waals surface area contributed by atoms with Crippen LogP contribution in [0.25, 0.3) is 0 Å². The lowest BCUT2D eigenvalue weighted by molar-refractivity contribution is -0.128. The maximum atomic E-state index is 12.8. The molecule has 2 saturated carbocycles. The lowest BCUT2D eigenvalue weighted by Gasteiger charge is -2.29. The normalized spacial score (nSPS) is 27.2. The average Bonchev–Trinajstić information content (AvgIpc) is 3.51. The molecule has 4 rings (SSSR count). The summed E-state index contributed by atoms with van der Waals surface area (Å²) in [5.74, 6) is 1.03. The Bertz CT molecular complexity index is 989. The lowest BCUT2D eigenvalue weighted by atomic mass is 9.84. The van der Waals surface area contributed by atoms with Crippen molar-refractivity contribution in [2.45, 2.75) is 69.4 Å². The van der Waals surface area contributed by atoms with Crippen LogP contribution in [0.2, 0.25) is 0 Å². The van der Waals surface area contributed by atoms with Gasteiger partial charge in [-0.15, -0.1) is 0 Å². The van der Waals surface area contributed by atoms with Crippen LogP contribution in [-0.2, 0) is 14.8 Å². The third kappa shape index (κ3) is 4.50. The number of carbonyl (C=O) groups excluding carboxylic acids is 2. The van der Waals surface area contributed by atoms with Gasteiger partial charge in [0.2, 0.25) is 10.0 Å². The van der Waals surface area contributed by atoms with Crippen LogP contribution in [0.5, 0.6) is 5.75 Å². The first kappa shape index (κ1) is 23.0. The molecule has 3 aliphatic rings. The van der Waals surface area contributed by atoms with Crippen molar-refractivity contribution in [3.8, 4) is 5.75 Å². The molecule has 2 amide bonds. The number of amides is 2. The number of carbonyl (C=O) groups is 2. The number of hydrogen-bond donors (Lipinski definition) is 2. The van der Waals surface area contributed by atoms with Gasteiger partial charge in [0.05, 0.1) is 10.5 Å². The monoisotopic (exact) mass is 463 g/mol. The van der Waals surface area contributed by atoms with E-state index in [-0.39, 0.29) is 28.2 Å². The van der Waals surface area contributed by atoms with Gasteiger partial charge < -0.3 is 15.8 Å². The molecule has 9 heteroatoms. The molecule has 5 atom stereocenters. The second-order valence-corrected chi connectivity index (χ2v) is 11.5. The van der Waals surface area contributed by atoms with E-state index in [1.54, 1.807) is 6.92 Å². The Morgan fingerprint density at radius 1 is 1.16 bits per heavy atom. The minimum atomic E-state index is -3.70. The van der Waals surface area contributed by atoms with E-state index in [1.807, 2.05) is 6.92 Å². The molecule has 176 valence electrons. The van der Waals surface area contributed by atoms with Crippen LogP contribution in [0, 0.1) is 17.8 Å². The zero-order chi connectivity index (χ0) is 23.0. The van der Waals surface area contributed by atoms with Gasteiger partial charge in [-0.3, -0.25) is 9.59 Å². The minimum Gasteiger partial charge on any atom is -0.480 e. The van der Waals surface area contributed by atoms with Crippen molar-refractivity contribution in [3.05, 3.63) is 23.8 Å². The lowest BCUT2D eigenvalue weighted by Crippen LogP contribution is -2.45. The molecule has 1 aromatic rings. The molecule has 3 fully saturated rings. The molecule has 0 aromatic heterocycles. The summed E-state index contributed by atoms with van der Waals surface area (Å²) in [5.41, 5.74) is 5.45. The highest BCUT2D eigenvalue weighted by molar-refractivity contribution is 7.89. The summed E-state index contributed by atoms with van der Waals surface area (Å²) in [6.07, 6.45) is 5.77. The third-order valence-corrected chi connectivity index (χ3v) is 9.29. The van der Waals surface area contributed by atoms with Gasteiger partial charge in [-0.2, -0.15) is 4.31 Å². The molecule has 8 nitrogen and oxygen atoms in total. The number of benzene rings is 1. The Morgan fingerprint density at radius 2 is 1.88 bits per heavy atom. The van der Waals surface area contributed by atoms with Gasteiger partial charge in [-0.1, -0.05) is 6.42 Å². The van der Waals surface area contributed by atoms with Gasteiger partial charge >= 0.3 is 0 Å². The number of nitrogens with one attached hydrogen (secondary N) is 1. The van der Waals surface area contributed by atoms with E-state index in [0.717, 1.165) is 18.8 Å². The summed E-state index contributed by atoms with van der Waals surface area (Å²) in [6, 6.07) is 4.12. The number of nitrogens with zero attached hydrogens (tertiary/aromatic N) is 1. The van der Waals surface area contributed by atoms with Crippen LogP contribution in [-0.4, -0.2) is 49.8 Å². The van der Waals surface area contributed by atoms with E-state index >= 15 is 0 Å². The zero-order valence-electron chi connectivity index (χ0n) is 18.7. The van der Waals surface area contributed by atoms with Crippen LogP contribution < -0.4 is 15.8 Å². The van der Waals surface area contributed by atoms with E-state index in [2.05, 4.69) is 5.32 Å². The Labute approximate surface area is 189 Å². The second kappa shape index (κ2) is 9.02. The Hall–Kier alpha value is -2.13. The maximum Gasteiger partial charge on any atom is 0.260 e. The Balaban J connectivity index is 1.44. The van der Waals surface area contributed by atoms with E-state index in [1.165, 1.54) is 48.2 Å². The highest BCUT2D eigenvalue weighted by Crippen LogP contribution is 2.49. The zero-order valence-corrected chi connectivity index (χ0v) is 19.6. The van der Waals surface area contributed by atoms with Gasteiger partial charge in [-0.25, -0.2) is 8.42 Å². The molecule has 0 spiro atoms. The van der Waals surface area contributed by atoms with Crippen LogP contribution in [0.1, 0.15) is 62.7 Å². The summed E-state index contributed by atoms with van der Waals surface area (Å²) in [6.45, 7) is 4.58. The summed E-state index contributed by atoms with van der Waals surface area (Å²) < 4.78 is 32.8. The van der Waals surface area contributed by atoms with E-state index in [9.17, 15) is 18.0 Å². The molecule has 2 bridgehead atoms. The molecule has 1 aromatic carbocycles. The largest absolute Gasteiger partial charge is 0.480 e. The predicted molar refractivity (Wildman–Crippen MR) is 120 cm³/mol. The summed E-state index contributed by atoms with van der Waals surface area (Å²) in [4.78, 5) is 24.8. The number of sulfonamides is 1. The van der Waals surface area contributed by atoms with Crippen molar-refractivity contribution in [1.29, 1.82) is 0 Å². The molecule has 3 N–H and O–H groups in total. The van der Waals surface area contributed by atoms with Gasteiger partial charge in [0.25, 0.3) is 11.8 Å². The summed E-state index contributed by atoms with van der Waals surface area (Å²) in [7, 11) is -3.70. The molecule has 0 unspecified atom stereocenters. The Kier molecular flexibility index (Phi) is 6.49. The van der Waals surface area contributed by atoms with Gasteiger partial charge in [0, 0.05) is 19.1 Å². The smallest absolute Gasteiger partial charge is 0.260 e. The molecule has 2 aliphatic carbocycles. The van der Waals surface area contributed by atoms with Crippen LogP contribution in [0.4, 0.5) is 0 Å². The number of primary amides is 1. The number of rotatable bonds is 8. The van der Waals surface area contributed by atoms with Crippen LogP contribution >= 0.6 is 0 Å². The van der Waals surface area contributed by atoms with E-state index in [4.69, 9.17) is 10.5 Å². The fraction of sp³-hybridized carbons (Fsp3) is 0.652. The average molecular weight is 464 g/mol. The standard InChI is InChI=1S/C23H33N3O5S/c1-14(19-12-16-5-6-17(19)11-16)25-23(28)15(2)31-21-8-7-18(13-20(21)22(24)27)32(29,30)26-9-3-4-10-26/h7-8,13-17,19H,3-6,9-12H2,1-2H3,(H2,24,27)(H,25,28)/t14-,15+,16+,17+,19+/m0/s1. The van der Waals surface area contributed by atoms with Crippen molar-refractivity contribution in [2.75, 3.05) is 13.1 Å². The predicted octanol–water partition coefficient (Wildman–Crippen LogP) is 2.28. The van der Waals surface area contributed by atoms with E-state index < -0.39 is 22.0 Å². The maximum absolute atomic E-state index is 12.8. The highest BCUT2D eigenvalue weighted by Gasteiger charge is 2.42. The van der Waals surface area contributed by atoms with Crippen LogP contribution in [0.3, 0.4) is 0 Å². The molecular formula is C23H33N3O5S. The summed E-state index contributed by atoms with van der Waals surface area (Å²) >= 11 is 0. The quantitative estimate of drug-likeness (QED) is 0.613. The van der Waals surface area contributed by atoms with Gasteiger partial charge in [0.1, 0.15) is 5.75 Å². The molecule has 1 aliphatic heterocycles. The Morgan fingerprint density at radius 3 is 2.47 bits per heavy atom. The van der Waals surface area contributed by atoms with Crippen molar-refractivity contribution in [1.82, 2.24) is 9.62 Å². The second-order valence-electron chi connectivity index (χ2n) is 9.53. The van der Waals surface area contributed by atoms with Gasteiger partial charge in [-0.05, 0) is 81.9 Å². The topological polar surface area (TPSA) is 119 Å². The molecule has 1 saturated heterocycles. The summed E-state index contributed by atoms with van der Waals surface area (Å²) in [5, 5.41) is 3.07. The third-order valence-electron chi connectivity index (χ3n) is 7.40. The SMILES string of the molecule is C[C@H](NC(=O)[C@@H](C)Oc1ccc(S(=O)(=O)N2CCCC2)cc1C(N)=O)[C@H]1C[C@@H]2CC[C@@H]1C2. The molecular weight excluding hydrogens is 430 g/mol. The first-order valence-corrected chi connectivity index (χ1v) is 13.0. The first-order chi connectivity index (χ1) is 15.2. The number of ether oxygens (including phenoxy) is 1. The van der Waals surface area contributed by atoms with Crippen molar-refractivity contribution in [2.24, 2.45) is 23.5 Å². The minimum absolute atomic E-state index is 0.00237. The van der Waals surface area contributed by atoms with Crippen molar-refractivity contribution >= 4 is 21.8 Å².